The van der Waals surface area contributed by atoms with Crippen molar-refractivity contribution in [2.75, 3.05) is 0 Å². The summed E-state index contributed by atoms with van der Waals surface area (Å²) in [5.41, 5.74) is 1.33. The van der Waals surface area contributed by atoms with Gasteiger partial charge in [0, 0.05) is 22.4 Å². The molecule has 1 amide bonds. The Hall–Kier alpha value is -2.47. The largest absolute Gasteiger partial charge is 0.349 e. The van der Waals surface area contributed by atoms with Crippen LogP contribution in [0.3, 0.4) is 0 Å². The van der Waals surface area contributed by atoms with Gasteiger partial charge in [-0.05, 0) is 42.5 Å². The second-order valence-corrected chi connectivity index (χ2v) is 6.56. The highest BCUT2D eigenvalue weighted by atomic mass is 32.1. The number of benzene rings is 1. The summed E-state index contributed by atoms with van der Waals surface area (Å²) in [6.07, 6.45) is 5.75. The van der Waals surface area contributed by atoms with Crippen molar-refractivity contribution in [3.63, 3.8) is 0 Å². The van der Waals surface area contributed by atoms with E-state index in [9.17, 15) is 9.18 Å². The summed E-state index contributed by atoms with van der Waals surface area (Å²) in [5.74, 6) is -0.894. The van der Waals surface area contributed by atoms with Crippen LogP contribution < -0.4 is 5.32 Å². The van der Waals surface area contributed by atoms with E-state index >= 15 is 0 Å². The third-order valence-electron chi connectivity index (χ3n) is 3.79. The van der Waals surface area contributed by atoms with Crippen molar-refractivity contribution in [3.8, 4) is 0 Å². The molecule has 4 nitrogen and oxygen atoms in total. The molecule has 116 valence electrons. The molecule has 23 heavy (non-hydrogen) atoms. The molecule has 0 unspecified atom stereocenters. The van der Waals surface area contributed by atoms with Gasteiger partial charge in [-0.1, -0.05) is 6.07 Å². The highest BCUT2D eigenvalue weighted by Gasteiger charge is 2.25. The molecule has 1 saturated carbocycles. The molecule has 0 radical (unpaired) electrons. The molecule has 2 aromatic heterocycles. The highest BCUT2D eigenvalue weighted by molar-refractivity contribution is 7.10. The number of halogens is 1. The van der Waals surface area contributed by atoms with Crippen LogP contribution in [0.4, 0.5) is 4.39 Å². The summed E-state index contributed by atoms with van der Waals surface area (Å²) in [6.45, 7) is 0. The van der Waals surface area contributed by atoms with E-state index in [1.807, 2.05) is 29.7 Å². The maximum Gasteiger partial charge on any atom is 0.254 e. The minimum atomic E-state index is -0.534. The number of nitrogens with one attached hydrogen (secondary N) is 2. The molecule has 0 saturated heterocycles. The van der Waals surface area contributed by atoms with Gasteiger partial charge in [-0.25, -0.2) is 4.39 Å². The number of H-pyrrole nitrogens is 1. The molecule has 6 heteroatoms. The lowest BCUT2D eigenvalue weighted by atomic mass is 10.1. The first-order valence-corrected chi connectivity index (χ1v) is 8.29. The van der Waals surface area contributed by atoms with Crippen LogP contribution in [-0.4, -0.2) is 22.1 Å². The highest BCUT2D eigenvalue weighted by Crippen LogP contribution is 2.24. The predicted octanol–water partition coefficient (Wildman–Crippen LogP) is 3.83. The third-order valence-corrected chi connectivity index (χ3v) is 4.62. The number of hydrogen-bond acceptors (Lipinski definition) is 3. The first kappa shape index (κ1) is 14.1. The molecule has 4 rings (SSSR count). The Morgan fingerprint density at radius 2 is 2.26 bits per heavy atom. The van der Waals surface area contributed by atoms with Crippen LogP contribution in [0.2, 0.25) is 0 Å². The fraction of sp³-hybridized carbons (Fsp3) is 0.176. The van der Waals surface area contributed by atoms with E-state index in [1.54, 1.807) is 17.4 Å². The number of hydrogen-bond donors (Lipinski definition) is 2. The van der Waals surface area contributed by atoms with Crippen LogP contribution in [0.1, 0.15) is 33.8 Å². The van der Waals surface area contributed by atoms with E-state index in [1.165, 1.54) is 6.07 Å². The van der Waals surface area contributed by atoms with Crippen molar-refractivity contribution in [2.45, 2.75) is 18.9 Å². The number of amides is 1. The molecule has 0 bridgehead atoms. The molecule has 1 aromatic carbocycles. The average Bonchev–Trinajstić information content (AvgIpc) is 3.05. The standard InChI is InChI=1S/C17H14FN3OS/c18-14-9-16-13(8-12(14)17(22)19-10-3-4-10)15(20-21-16)6-5-11-2-1-7-23-11/h1-2,5-10H,3-4H2,(H,19,22)(H,20,21). The Morgan fingerprint density at radius 3 is 3.00 bits per heavy atom. The Kier molecular flexibility index (Phi) is 3.46. The molecule has 2 heterocycles. The molecule has 0 spiro atoms. The lowest BCUT2D eigenvalue weighted by Crippen LogP contribution is -2.26. The quantitative estimate of drug-likeness (QED) is 0.765. The molecule has 1 fully saturated rings. The number of nitrogens with zero attached hydrogens (tertiary/aromatic N) is 1. The Morgan fingerprint density at radius 1 is 1.39 bits per heavy atom. The maximum absolute atomic E-state index is 14.1. The van der Waals surface area contributed by atoms with Crippen molar-refractivity contribution in [1.29, 1.82) is 0 Å². The zero-order valence-electron chi connectivity index (χ0n) is 12.2. The van der Waals surface area contributed by atoms with Gasteiger partial charge in [0.1, 0.15) is 5.82 Å². The third kappa shape index (κ3) is 2.90. The summed E-state index contributed by atoms with van der Waals surface area (Å²) >= 11 is 1.63. The van der Waals surface area contributed by atoms with E-state index in [4.69, 9.17) is 0 Å². The maximum atomic E-state index is 14.1. The summed E-state index contributed by atoms with van der Waals surface area (Å²) in [7, 11) is 0. The van der Waals surface area contributed by atoms with Crippen LogP contribution in [0.25, 0.3) is 23.1 Å². The van der Waals surface area contributed by atoms with Gasteiger partial charge in [-0.2, -0.15) is 5.10 Å². The minimum Gasteiger partial charge on any atom is -0.349 e. The van der Waals surface area contributed by atoms with Gasteiger partial charge >= 0.3 is 0 Å². The van der Waals surface area contributed by atoms with Crippen molar-refractivity contribution in [1.82, 2.24) is 15.5 Å². The summed E-state index contributed by atoms with van der Waals surface area (Å²) in [6, 6.07) is 7.07. The van der Waals surface area contributed by atoms with Crippen molar-refractivity contribution >= 4 is 40.3 Å². The van der Waals surface area contributed by atoms with Crippen LogP contribution in [0.5, 0.6) is 0 Å². The molecule has 1 aliphatic rings. The Bertz CT molecular complexity index is 894. The number of aromatic amines is 1. The van der Waals surface area contributed by atoms with E-state index in [0.29, 0.717) is 11.2 Å². The molecular formula is C17H14FN3OS. The van der Waals surface area contributed by atoms with Gasteiger partial charge in [0.05, 0.1) is 16.8 Å². The number of carbonyl (C=O) groups is 1. The van der Waals surface area contributed by atoms with E-state index in [-0.39, 0.29) is 17.5 Å². The zero-order valence-corrected chi connectivity index (χ0v) is 13.0. The summed E-state index contributed by atoms with van der Waals surface area (Å²) in [5, 5.41) is 12.6. The predicted molar refractivity (Wildman–Crippen MR) is 89.8 cm³/mol. The monoisotopic (exact) mass is 327 g/mol. The van der Waals surface area contributed by atoms with E-state index < -0.39 is 5.82 Å². The lowest BCUT2D eigenvalue weighted by molar-refractivity contribution is 0.0947. The second kappa shape index (κ2) is 5.62. The van der Waals surface area contributed by atoms with Gasteiger partial charge in [0.2, 0.25) is 0 Å². The van der Waals surface area contributed by atoms with Crippen molar-refractivity contribution in [2.24, 2.45) is 0 Å². The zero-order chi connectivity index (χ0) is 15.8. The van der Waals surface area contributed by atoms with Gasteiger partial charge in [-0.15, -0.1) is 11.3 Å². The fourth-order valence-electron chi connectivity index (χ4n) is 2.40. The van der Waals surface area contributed by atoms with Crippen LogP contribution >= 0.6 is 11.3 Å². The normalized spacial score (nSPS) is 14.7. The Labute approximate surface area is 136 Å². The average molecular weight is 327 g/mol. The lowest BCUT2D eigenvalue weighted by Gasteiger charge is -2.05. The number of carbonyl (C=O) groups excluding carboxylic acids is 1. The SMILES string of the molecule is O=C(NC1CC1)c1cc2c(C=Cc3cccs3)n[nH]c2cc1F. The molecule has 0 atom stereocenters. The molecular weight excluding hydrogens is 313 g/mol. The van der Waals surface area contributed by atoms with Gasteiger partial charge in [0.25, 0.3) is 5.91 Å². The van der Waals surface area contributed by atoms with E-state index in [0.717, 1.165) is 23.1 Å². The number of fused-ring (bicyclic) bond motifs is 1. The fourth-order valence-corrected chi connectivity index (χ4v) is 3.02. The number of thiophene rings is 1. The van der Waals surface area contributed by atoms with Crippen LogP contribution in [-0.2, 0) is 0 Å². The van der Waals surface area contributed by atoms with Gasteiger partial charge < -0.3 is 5.32 Å². The van der Waals surface area contributed by atoms with Crippen molar-refractivity contribution in [3.05, 3.63) is 51.6 Å². The first-order valence-electron chi connectivity index (χ1n) is 7.41. The smallest absolute Gasteiger partial charge is 0.254 e. The number of aromatic nitrogens is 2. The van der Waals surface area contributed by atoms with Crippen LogP contribution in [0, 0.1) is 5.82 Å². The molecule has 0 aliphatic heterocycles. The first-order chi connectivity index (χ1) is 11.2. The summed E-state index contributed by atoms with van der Waals surface area (Å²) in [4.78, 5) is 13.2. The van der Waals surface area contributed by atoms with Crippen LogP contribution in [0.15, 0.2) is 29.6 Å². The van der Waals surface area contributed by atoms with Gasteiger partial charge in [0.15, 0.2) is 0 Å². The second-order valence-electron chi connectivity index (χ2n) is 5.58. The van der Waals surface area contributed by atoms with E-state index in [2.05, 4.69) is 15.5 Å². The number of rotatable bonds is 4. The van der Waals surface area contributed by atoms with Gasteiger partial charge in [-0.3, -0.25) is 9.89 Å². The summed E-state index contributed by atoms with van der Waals surface area (Å²) < 4.78 is 14.1. The molecule has 2 N–H and O–H groups in total. The van der Waals surface area contributed by atoms with Crippen molar-refractivity contribution < 1.29 is 9.18 Å². The Balaban J connectivity index is 1.70. The minimum absolute atomic E-state index is 0.0663. The molecule has 1 aliphatic carbocycles. The molecule has 3 aromatic rings. The topological polar surface area (TPSA) is 57.8 Å².